The van der Waals surface area contributed by atoms with Crippen molar-refractivity contribution in [1.29, 1.82) is 0 Å². The molecule has 0 spiro atoms. The topological polar surface area (TPSA) is 99.0 Å². The first-order chi connectivity index (χ1) is 18.1. The van der Waals surface area contributed by atoms with E-state index in [-0.39, 0.29) is 24.8 Å². The monoisotopic (exact) mass is 501 g/mol. The maximum Gasteiger partial charge on any atom is 0.407 e. The van der Waals surface area contributed by atoms with Crippen LogP contribution < -0.4 is 20.1 Å². The first kappa shape index (κ1) is 24.4. The lowest BCUT2D eigenvalue weighted by Gasteiger charge is -2.29. The first-order valence-corrected chi connectivity index (χ1v) is 12.4. The van der Waals surface area contributed by atoms with Crippen LogP contribution in [0.2, 0.25) is 0 Å². The lowest BCUT2D eigenvalue weighted by Crippen LogP contribution is -2.40. The van der Waals surface area contributed by atoms with Gasteiger partial charge in [-0.2, -0.15) is 5.10 Å². The molecule has 37 heavy (non-hydrogen) atoms. The standard InChI is InChI=1S/C28H31N5O4/c1-35-24-13-8-20(16-25(24)36-2)23-17-29-33-15-14-26(32-27(23)33)30-21-9-11-22(12-10-21)31-28(34)37-18-19-6-4-3-5-7-19/h3-8,13-17,21-22H,9-12,18H2,1-2H3,(H,30,32)(H,31,34). The van der Waals surface area contributed by atoms with E-state index < -0.39 is 0 Å². The molecule has 1 saturated carbocycles. The third-order valence-electron chi connectivity index (χ3n) is 6.68. The Morgan fingerprint density at radius 3 is 2.49 bits per heavy atom. The SMILES string of the molecule is COc1ccc(-c2cnn3ccc(NC4CCC(NC(=O)OCc5ccccc5)CC4)nc23)cc1OC. The summed E-state index contributed by atoms with van der Waals surface area (Å²) in [4.78, 5) is 17.1. The molecule has 0 radical (unpaired) electrons. The van der Waals surface area contributed by atoms with Crippen LogP contribution in [0.1, 0.15) is 31.2 Å². The van der Waals surface area contributed by atoms with Gasteiger partial charge in [0.2, 0.25) is 0 Å². The van der Waals surface area contributed by atoms with Crippen molar-refractivity contribution in [3.8, 4) is 22.6 Å². The maximum atomic E-state index is 12.2. The number of ether oxygens (including phenoxy) is 3. The average molecular weight is 502 g/mol. The molecule has 4 aromatic rings. The lowest BCUT2D eigenvalue weighted by atomic mass is 9.91. The van der Waals surface area contributed by atoms with Crippen molar-refractivity contribution in [2.45, 2.75) is 44.4 Å². The third kappa shape index (κ3) is 5.77. The van der Waals surface area contributed by atoms with Crippen LogP contribution in [0, 0.1) is 0 Å². The predicted octanol–water partition coefficient (Wildman–Crippen LogP) is 5.06. The first-order valence-electron chi connectivity index (χ1n) is 12.4. The van der Waals surface area contributed by atoms with Gasteiger partial charge in [-0.05, 0) is 55.0 Å². The van der Waals surface area contributed by atoms with E-state index in [1.807, 2.05) is 60.8 Å². The number of anilines is 1. The van der Waals surface area contributed by atoms with Crippen molar-refractivity contribution in [2.75, 3.05) is 19.5 Å². The van der Waals surface area contributed by atoms with E-state index in [1.165, 1.54) is 0 Å². The summed E-state index contributed by atoms with van der Waals surface area (Å²) in [5, 5.41) is 11.0. The molecule has 0 saturated heterocycles. The van der Waals surface area contributed by atoms with E-state index >= 15 is 0 Å². The van der Waals surface area contributed by atoms with E-state index in [4.69, 9.17) is 19.2 Å². The molecule has 2 heterocycles. The Hall–Kier alpha value is -4.27. The van der Waals surface area contributed by atoms with Crippen molar-refractivity contribution in [2.24, 2.45) is 0 Å². The van der Waals surface area contributed by atoms with E-state index in [0.717, 1.165) is 53.8 Å². The van der Waals surface area contributed by atoms with Crippen molar-refractivity contribution in [3.05, 3.63) is 72.6 Å². The molecule has 2 aromatic heterocycles. The zero-order chi connectivity index (χ0) is 25.6. The Kier molecular flexibility index (Phi) is 7.39. The predicted molar refractivity (Wildman–Crippen MR) is 141 cm³/mol. The second-order valence-electron chi connectivity index (χ2n) is 9.11. The summed E-state index contributed by atoms with van der Waals surface area (Å²) >= 11 is 0. The van der Waals surface area contributed by atoms with Gasteiger partial charge in [-0.1, -0.05) is 36.4 Å². The van der Waals surface area contributed by atoms with Gasteiger partial charge in [-0.15, -0.1) is 0 Å². The Morgan fingerprint density at radius 2 is 1.73 bits per heavy atom. The zero-order valence-electron chi connectivity index (χ0n) is 21.0. The number of aromatic nitrogens is 3. The molecular formula is C28H31N5O4. The Bertz CT molecular complexity index is 1350. The number of amides is 1. The van der Waals surface area contributed by atoms with Crippen molar-refractivity contribution in [1.82, 2.24) is 19.9 Å². The van der Waals surface area contributed by atoms with E-state index in [1.54, 1.807) is 24.9 Å². The summed E-state index contributed by atoms with van der Waals surface area (Å²) in [7, 11) is 3.24. The zero-order valence-corrected chi connectivity index (χ0v) is 21.0. The summed E-state index contributed by atoms with van der Waals surface area (Å²) in [6.07, 6.45) is 6.96. The molecule has 5 rings (SSSR count). The third-order valence-corrected chi connectivity index (χ3v) is 6.68. The van der Waals surface area contributed by atoms with Crippen LogP contribution in [0.5, 0.6) is 11.5 Å². The van der Waals surface area contributed by atoms with Crippen molar-refractivity contribution >= 4 is 17.6 Å². The van der Waals surface area contributed by atoms with Gasteiger partial charge < -0.3 is 24.8 Å². The molecule has 0 aliphatic heterocycles. The molecule has 0 atom stereocenters. The molecule has 9 heteroatoms. The van der Waals surface area contributed by atoms with Gasteiger partial charge in [-0.25, -0.2) is 14.3 Å². The van der Waals surface area contributed by atoms with Crippen LogP contribution in [0.25, 0.3) is 16.8 Å². The molecule has 192 valence electrons. The molecular weight excluding hydrogens is 470 g/mol. The van der Waals surface area contributed by atoms with Crippen LogP contribution >= 0.6 is 0 Å². The minimum atomic E-state index is -0.365. The second kappa shape index (κ2) is 11.2. The van der Waals surface area contributed by atoms with Gasteiger partial charge in [0.05, 0.1) is 20.4 Å². The molecule has 1 fully saturated rings. The van der Waals surface area contributed by atoms with Crippen LogP contribution in [-0.2, 0) is 11.3 Å². The van der Waals surface area contributed by atoms with Crippen LogP contribution in [0.4, 0.5) is 10.6 Å². The normalized spacial score (nSPS) is 17.2. The Morgan fingerprint density at radius 1 is 0.973 bits per heavy atom. The van der Waals surface area contributed by atoms with Crippen LogP contribution in [0.3, 0.4) is 0 Å². The minimum Gasteiger partial charge on any atom is -0.493 e. The summed E-state index contributed by atoms with van der Waals surface area (Å²) in [6, 6.07) is 17.8. The van der Waals surface area contributed by atoms with Gasteiger partial charge in [0.15, 0.2) is 17.1 Å². The quantitative estimate of drug-likeness (QED) is 0.348. The van der Waals surface area contributed by atoms with Crippen molar-refractivity contribution < 1.29 is 19.0 Å². The van der Waals surface area contributed by atoms with E-state index in [0.29, 0.717) is 11.5 Å². The molecule has 1 aliphatic carbocycles. The largest absolute Gasteiger partial charge is 0.493 e. The Balaban J connectivity index is 1.18. The maximum absolute atomic E-state index is 12.2. The highest BCUT2D eigenvalue weighted by Crippen LogP contribution is 2.34. The Labute approximate surface area is 215 Å². The fraction of sp³-hybridized carbons (Fsp3) is 0.321. The smallest absolute Gasteiger partial charge is 0.407 e. The number of nitrogens with zero attached hydrogens (tertiary/aromatic N) is 3. The molecule has 2 aromatic carbocycles. The van der Waals surface area contributed by atoms with E-state index in [9.17, 15) is 4.79 Å². The summed E-state index contributed by atoms with van der Waals surface area (Å²) in [5.41, 5.74) is 3.59. The molecule has 0 unspecified atom stereocenters. The van der Waals surface area contributed by atoms with E-state index in [2.05, 4.69) is 15.7 Å². The molecule has 1 amide bonds. The summed E-state index contributed by atoms with van der Waals surface area (Å²) < 4.78 is 17.9. The van der Waals surface area contributed by atoms with Gasteiger partial charge >= 0.3 is 6.09 Å². The van der Waals surface area contributed by atoms with Crippen LogP contribution in [0.15, 0.2) is 67.0 Å². The molecule has 2 N–H and O–H groups in total. The van der Waals surface area contributed by atoms with Crippen LogP contribution in [-0.4, -0.2) is 47.0 Å². The number of hydrogen-bond donors (Lipinski definition) is 2. The highest BCUT2D eigenvalue weighted by atomic mass is 16.5. The minimum absolute atomic E-state index is 0.114. The summed E-state index contributed by atoms with van der Waals surface area (Å²) in [6.45, 7) is 0.275. The summed E-state index contributed by atoms with van der Waals surface area (Å²) in [5.74, 6) is 2.13. The second-order valence-corrected chi connectivity index (χ2v) is 9.11. The number of methoxy groups -OCH3 is 2. The molecule has 0 bridgehead atoms. The highest BCUT2D eigenvalue weighted by molar-refractivity contribution is 5.79. The number of fused-ring (bicyclic) bond motifs is 1. The fourth-order valence-electron chi connectivity index (χ4n) is 4.68. The van der Waals surface area contributed by atoms with Gasteiger partial charge in [0.25, 0.3) is 0 Å². The number of carbonyl (C=O) groups is 1. The van der Waals surface area contributed by atoms with Gasteiger partial charge in [-0.3, -0.25) is 0 Å². The number of carbonyl (C=O) groups excluding carboxylic acids is 1. The number of hydrogen-bond acceptors (Lipinski definition) is 7. The lowest BCUT2D eigenvalue weighted by molar-refractivity contribution is 0.132. The molecule has 9 nitrogen and oxygen atoms in total. The van der Waals surface area contributed by atoms with Gasteiger partial charge in [0, 0.05) is 23.8 Å². The number of nitrogens with one attached hydrogen (secondary N) is 2. The highest BCUT2D eigenvalue weighted by Gasteiger charge is 2.23. The van der Waals surface area contributed by atoms with Gasteiger partial charge in [0.1, 0.15) is 12.4 Å². The fourth-order valence-corrected chi connectivity index (χ4v) is 4.68. The molecule has 1 aliphatic rings. The average Bonchev–Trinajstić information content (AvgIpc) is 3.36. The van der Waals surface area contributed by atoms with Crippen molar-refractivity contribution in [3.63, 3.8) is 0 Å². The number of benzene rings is 2. The number of rotatable bonds is 8. The number of alkyl carbamates (subject to hydrolysis) is 1.